The van der Waals surface area contributed by atoms with Crippen molar-refractivity contribution >= 4 is 17.8 Å². The fraction of sp³-hybridized carbons (Fsp3) is 0.0667. The van der Waals surface area contributed by atoms with E-state index >= 15 is 0 Å². The predicted molar refractivity (Wildman–Crippen MR) is 73.1 cm³/mol. The third kappa shape index (κ3) is 2.39. The normalized spacial score (nSPS) is 13.0. The molecule has 0 saturated carbocycles. The Labute approximate surface area is 129 Å². The molecule has 23 heavy (non-hydrogen) atoms. The molecule has 0 radical (unpaired) electrons. The topological polar surface area (TPSA) is 85.8 Å². The molecule has 1 aromatic heterocycles. The number of nitrogens with zero attached hydrogens (tertiary/aromatic N) is 2. The molecular formula is C15H9FN2O5. The van der Waals surface area contributed by atoms with Crippen LogP contribution in [0.4, 0.5) is 4.39 Å². The van der Waals surface area contributed by atoms with Gasteiger partial charge in [-0.3, -0.25) is 9.59 Å². The lowest BCUT2D eigenvalue weighted by atomic mass is 10.1. The summed E-state index contributed by atoms with van der Waals surface area (Å²) in [6, 6.07) is 6.83. The first kappa shape index (κ1) is 14.6. The zero-order chi connectivity index (χ0) is 16.6. The van der Waals surface area contributed by atoms with E-state index < -0.39 is 23.7 Å². The molecule has 0 fully saturated rings. The van der Waals surface area contributed by atoms with Gasteiger partial charge in [-0.2, -0.15) is 4.39 Å². The molecule has 0 bridgehead atoms. The van der Waals surface area contributed by atoms with Crippen LogP contribution in [0.15, 0.2) is 36.5 Å². The Balaban J connectivity index is 1.89. The molecule has 0 saturated heterocycles. The van der Waals surface area contributed by atoms with Crippen molar-refractivity contribution in [3.63, 3.8) is 0 Å². The molecule has 2 aromatic rings. The number of rotatable bonds is 3. The highest BCUT2D eigenvalue weighted by Gasteiger charge is 2.39. The summed E-state index contributed by atoms with van der Waals surface area (Å²) < 4.78 is 18.1. The Bertz CT molecular complexity index is 801. The van der Waals surface area contributed by atoms with Gasteiger partial charge in [-0.05, 0) is 12.1 Å². The summed E-state index contributed by atoms with van der Waals surface area (Å²) in [5, 5.41) is 0.338. The van der Waals surface area contributed by atoms with E-state index in [2.05, 4.69) is 4.98 Å². The number of ether oxygens (including phenoxy) is 1. The van der Waals surface area contributed by atoms with Crippen LogP contribution in [-0.4, -0.2) is 34.9 Å². The molecule has 0 N–H and O–H groups in total. The van der Waals surface area contributed by atoms with Crippen LogP contribution < -0.4 is 4.74 Å². The summed E-state index contributed by atoms with van der Waals surface area (Å²) >= 11 is 0. The largest absolute Gasteiger partial charge is 0.494 e. The van der Waals surface area contributed by atoms with Crippen LogP contribution in [0.5, 0.6) is 5.75 Å². The van der Waals surface area contributed by atoms with Crippen molar-refractivity contribution in [1.29, 1.82) is 0 Å². The molecule has 7 nitrogen and oxygen atoms in total. The van der Waals surface area contributed by atoms with E-state index in [0.717, 1.165) is 12.3 Å². The number of carbonyl (C=O) groups excluding carboxylic acids is 3. The van der Waals surface area contributed by atoms with Crippen LogP contribution in [-0.2, 0) is 4.84 Å². The molecule has 0 atom stereocenters. The molecule has 1 aliphatic heterocycles. The lowest BCUT2D eigenvalue weighted by molar-refractivity contribution is -0.0586. The van der Waals surface area contributed by atoms with Gasteiger partial charge < -0.3 is 9.57 Å². The van der Waals surface area contributed by atoms with Gasteiger partial charge >= 0.3 is 5.97 Å². The Morgan fingerprint density at radius 3 is 2.35 bits per heavy atom. The van der Waals surface area contributed by atoms with E-state index in [4.69, 9.17) is 9.57 Å². The molecule has 2 amide bonds. The number of imide groups is 1. The number of benzene rings is 1. The van der Waals surface area contributed by atoms with Gasteiger partial charge in [0, 0.05) is 6.07 Å². The number of pyridine rings is 1. The lowest BCUT2D eigenvalue weighted by Gasteiger charge is -2.13. The van der Waals surface area contributed by atoms with Crippen molar-refractivity contribution in [3.8, 4) is 5.75 Å². The van der Waals surface area contributed by atoms with Gasteiger partial charge in [-0.25, -0.2) is 9.78 Å². The second-order valence-corrected chi connectivity index (χ2v) is 4.54. The van der Waals surface area contributed by atoms with Crippen LogP contribution >= 0.6 is 0 Å². The van der Waals surface area contributed by atoms with Gasteiger partial charge in [0.2, 0.25) is 5.95 Å². The first-order chi connectivity index (χ1) is 11.0. The Morgan fingerprint density at radius 1 is 1.17 bits per heavy atom. The maximum Gasteiger partial charge on any atom is 0.367 e. The standard InChI is InChI=1S/C15H9FN2O5/c1-22-11-7-17-12(16)6-10(11)15(21)23-18-13(19)8-4-2-3-5-9(8)14(18)20/h2-7H,1H3. The van der Waals surface area contributed by atoms with Gasteiger partial charge in [0.05, 0.1) is 24.4 Å². The number of hydrogen-bond donors (Lipinski definition) is 0. The molecule has 0 spiro atoms. The van der Waals surface area contributed by atoms with E-state index in [1.54, 1.807) is 12.1 Å². The summed E-state index contributed by atoms with van der Waals surface area (Å²) in [6.45, 7) is 0. The molecule has 0 unspecified atom stereocenters. The van der Waals surface area contributed by atoms with Crippen LogP contribution in [0.2, 0.25) is 0 Å². The first-order valence-corrected chi connectivity index (χ1v) is 6.42. The zero-order valence-electron chi connectivity index (χ0n) is 11.8. The average molecular weight is 316 g/mol. The molecule has 2 heterocycles. The molecule has 0 aliphatic carbocycles. The van der Waals surface area contributed by atoms with Crippen LogP contribution in [0.1, 0.15) is 31.1 Å². The molecule has 116 valence electrons. The van der Waals surface area contributed by atoms with E-state index in [1.165, 1.54) is 19.2 Å². The highest BCUT2D eigenvalue weighted by molar-refractivity contribution is 6.21. The van der Waals surface area contributed by atoms with Crippen LogP contribution in [0, 0.1) is 5.95 Å². The second kappa shape index (κ2) is 5.48. The second-order valence-electron chi connectivity index (χ2n) is 4.54. The Kier molecular flexibility index (Phi) is 3.49. The maximum absolute atomic E-state index is 13.2. The summed E-state index contributed by atoms with van der Waals surface area (Å²) in [4.78, 5) is 44.5. The quantitative estimate of drug-likeness (QED) is 0.631. The van der Waals surface area contributed by atoms with E-state index in [-0.39, 0.29) is 22.4 Å². The molecule has 8 heteroatoms. The highest BCUT2D eigenvalue weighted by Crippen LogP contribution is 2.25. The number of amides is 2. The fourth-order valence-corrected chi connectivity index (χ4v) is 2.12. The lowest BCUT2D eigenvalue weighted by Crippen LogP contribution is -2.32. The van der Waals surface area contributed by atoms with Crippen molar-refractivity contribution in [2.24, 2.45) is 0 Å². The number of halogens is 1. The molecule has 1 aliphatic rings. The Hall–Kier alpha value is -3.29. The van der Waals surface area contributed by atoms with Gasteiger partial charge in [0.15, 0.2) is 5.75 Å². The van der Waals surface area contributed by atoms with Crippen LogP contribution in [0.25, 0.3) is 0 Å². The highest BCUT2D eigenvalue weighted by atomic mass is 19.1. The molecule has 3 rings (SSSR count). The monoisotopic (exact) mass is 316 g/mol. The number of fused-ring (bicyclic) bond motifs is 1. The number of methoxy groups -OCH3 is 1. The predicted octanol–water partition coefficient (Wildman–Crippen LogP) is 1.60. The zero-order valence-corrected chi connectivity index (χ0v) is 11.8. The van der Waals surface area contributed by atoms with Crippen molar-refractivity contribution < 1.29 is 28.3 Å². The SMILES string of the molecule is COc1cnc(F)cc1C(=O)ON1C(=O)c2ccccc2C1=O. The minimum Gasteiger partial charge on any atom is -0.494 e. The van der Waals surface area contributed by atoms with Crippen molar-refractivity contribution in [3.05, 3.63) is 59.2 Å². The van der Waals surface area contributed by atoms with Crippen molar-refractivity contribution in [2.75, 3.05) is 7.11 Å². The minimum atomic E-state index is -1.11. The van der Waals surface area contributed by atoms with Gasteiger partial charge in [0.25, 0.3) is 11.8 Å². The number of hydrogen-bond acceptors (Lipinski definition) is 6. The van der Waals surface area contributed by atoms with Crippen molar-refractivity contribution in [1.82, 2.24) is 10.0 Å². The van der Waals surface area contributed by atoms with Gasteiger partial charge in [-0.1, -0.05) is 17.2 Å². The minimum absolute atomic E-state index is 0.0481. The summed E-state index contributed by atoms with van der Waals surface area (Å²) in [7, 11) is 1.26. The van der Waals surface area contributed by atoms with Gasteiger partial charge in [-0.15, -0.1) is 0 Å². The third-order valence-electron chi connectivity index (χ3n) is 3.20. The smallest absolute Gasteiger partial charge is 0.367 e. The average Bonchev–Trinajstić information content (AvgIpc) is 2.80. The first-order valence-electron chi connectivity index (χ1n) is 6.42. The van der Waals surface area contributed by atoms with E-state index in [9.17, 15) is 18.8 Å². The third-order valence-corrected chi connectivity index (χ3v) is 3.20. The van der Waals surface area contributed by atoms with E-state index in [1.807, 2.05) is 0 Å². The summed E-state index contributed by atoms with van der Waals surface area (Å²) in [6.07, 6.45) is 0.994. The van der Waals surface area contributed by atoms with E-state index in [0.29, 0.717) is 5.06 Å². The molecule has 1 aromatic carbocycles. The molecular weight excluding hydrogens is 307 g/mol. The van der Waals surface area contributed by atoms with Crippen molar-refractivity contribution in [2.45, 2.75) is 0 Å². The number of hydroxylamine groups is 2. The summed E-state index contributed by atoms with van der Waals surface area (Å²) in [5.41, 5.74) is -0.0482. The van der Waals surface area contributed by atoms with Gasteiger partial charge in [0.1, 0.15) is 5.56 Å². The maximum atomic E-state index is 13.2. The summed E-state index contributed by atoms with van der Waals surface area (Å²) in [5.74, 6) is -3.63. The number of carbonyl (C=O) groups is 3. The fourth-order valence-electron chi connectivity index (χ4n) is 2.12. The number of aromatic nitrogens is 1. The van der Waals surface area contributed by atoms with Crippen LogP contribution in [0.3, 0.4) is 0 Å². The Morgan fingerprint density at radius 2 is 1.78 bits per heavy atom.